The quantitative estimate of drug-likeness (QED) is 0.225. The molecule has 6 nitrogen and oxygen atoms in total. The predicted molar refractivity (Wildman–Crippen MR) is 116 cm³/mol. The van der Waals surface area contributed by atoms with Crippen molar-refractivity contribution in [1.29, 1.82) is 5.41 Å². The lowest BCUT2D eigenvalue weighted by atomic mass is 10.1. The fourth-order valence-electron chi connectivity index (χ4n) is 2.25. The van der Waals surface area contributed by atoms with Crippen molar-refractivity contribution in [3.8, 4) is 11.5 Å². The van der Waals surface area contributed by atoms with E-state index in [9.17, 15) is 9.59 Å². The molecule has 0 aliphatic heterocycles. The molecule has 2 aromatic rings. The molecular weight excluding hydrogens is 479 g/mol. The maximum absolute atomic E-state index is 11.7. The van der Waals surface area contributed by atoms with Crippen molar-refractivity contribution in [3.05, 3.63) is 59.7 Å². The number of rotatable bonds is 8. The molecular formula is C19H19IN2O4S. The minimum Gasteiger partial charge on any atom is -0.497 e. The summed E-state index contributed by atoms with van der Waals surface area (Å²) in [6, 6.07) is 14.6. The fourth-order valence-corrected chi connectivity index (χ4v) is 3.03. The van der Waals surface area contributed by atoms with Crippen molar-refractivity contribution >= 4 is 52.1 Å². The molecule has 142 valence electrons. The van der Waals surface area contributed by atoms with Crippen LogP contribution < -0.4 is 14.8 Å². The van der Waals surface area contributed by atoms with E-state index >= 15 is 0 Å². The van der Waals surface area contributed by atoms with Gasteiger partial charge in [0.15, 0.2) is 0 Å². The van der Waals surface area contributed by atoms with E-state index < -0.39 is 5.24 Å². The zero-order valence-electron chi connectivity index (χ0n) is 14.6. The molecule has 0 aliphatic rings. The van der Waals surface area contributed by atoms with Crippen LogP contribution in [0.25, 0.3) is 0 Å². The van der Waals surface area contributed by atoms with Crippen molar-refractivity contribution in [2.75, 3.05) is 13.7 Å². The summed E-state index contributed by atoms with van der Waals surface area (Å²) in [4.78, 5) is 22.5. The van der Waals surface area contributed by atoms with Gasteiger partial charge in [0.1, 0.15) is 18.1 Å². The Morgan fingerprint density at radius 1 is 1.19 bits per heavy atom. The molecule has 0 spiro atoms. The molecule has 2 N–H and O–H groups in total. The Balaban J connectivity index is 1.89. The van der Waals surface area contributed by atoms with E-state index in [0.29, 0.717) is 23.6 Å². The molecule has 0 bridgehead atoms. The van der Waals surface area contributed by atoms with Crippen LogP contribution in [-0.2, 0) is 11.2 Å². The number of hydrogen-bond acceptors (Lipinski definition) is 5. The molecule has 27 heavy (non-hydrogen) atoms. The van der Waals surface area contributed by atoms with E-state index in [1.165, 1.54) is 0 Å². The third kappa shape index (κ3) is 6.87. The molecule has 0 aliphatic carbocycles. The maximum atomic E-state index is 11.7. The van der Waals surface area contributed by atoms with Gasteiger partial charge in [-0.25, -0.2) is 0 Å². The average molecular weight is 498 g/mol. The number of carbonyl (C=O) groups excluding carboxylic acids is 2. The molecule has 0 heterocycles. The van der Waals surface area contributed by atoms with Gasteiger partial charge in [0.2, 0.25) is 5.91 Å². The lowest BCUT2D eigenvalue weighted by molar-refractivity contribution is -0.119. The molecule has 0 saturated carbocycles. The van der Waals surface area contributed by atoms with E-state index in [1.54, 1.807) is 25.3 Å². The van der Waals surface area contributed by atoms with Gasteiger partial charge in [-0.05, 0) is 36.2 Å². The summed E-state index contributed by atoms with van der Waals surface area (Å²) in [5.74, 6) is 0.952. The number of carbonyl (C=O) groups is 2. The molecule has 1 unspecified atom stereocenters. The van der Waals surface area contributed by atoms with Crippen molar-refractivity contribution in [3.63, 3.8) is 0 Å². The third-order valence-electron chi connectivity index (χ3n) is 3.65. The fraction of sp³-hybridized carbons (Fsp3) is 0.211. The Morgan fingerprint density at radius 2 is 1.89 bits per heavy atom. The van der Waals surface area contributed by atoms with E-state index in [0.717, 1.165) is 11.1 Å². The van der Waals surface area contributed by atoms with Crippen molar-refractivity contribution in [2.45, 2.75) is 10.3 Å². The van der Waals surface area contributed by atoms with Crippen LogP contribution in [-0.4, -0.2) is 34.5 Å². The number of alkyl halides is 1. The molecule has 2 amide bonds. The summed E-state index contributed by atoms with van der Waals surface area (Å²) in [6.45, 7) is 0.133. The van der Waals surface area contributed by atoms with Gasteiger partial charge in [-0.3, -0.25) is 14.9 Å². The number of thiol groups is 1. The number of benzene rings is 2. The monoisotopic (exact) mass is 498 g/mol. The van der Waals surface area contributed by atoms with E-state index in [1.807, 2.05) is 52.9 Å². The summed E-state index contributed by atoms with van der Waals surface area (Å²) in [6.07, 6.45) is 0.480. The molecule has 0 aromatic heterocycles. The second kappa shape index (κ2) is 10.3. The third-order valence-corrected chi connectivity index (χ3v) is 4.77. The predicted octanol–water partition coefficient (Wildman–Crippen LogP) is 3.65. The summed E-state index contributed by atoms with van der Waals surface area (Å²) in [5.41, 5.74) is 2.02. The van der Waals surface area contributed by atoms with Crippen molar-refractivity contribution < 1.29 is 19.1 Å². The number of ether oxygens (including phenoxy) is 2. The highest BCUT2D eigenvalue weighted by Crippen LogP contribution is 2.17. The van der Waals surface area contributed by atoms with Crippen LogP contribution in [0, 0.1) is 5.41 Å². The van der Waals surface area contributed by atoms with Gasteiger partial charge >= 0.3 is 0 Å². The Labute approximate surface area is 176 Å². The van der Waals surface area contributed by atoms with Crippen LogP contribution in [0.5, 0.6) is 11.5 Å². The minimum absolute atomic E-state index is 0.133. The van der Waals surface area contributed by atoms with E-state index in [4.69, 9.17) is 14.9 Å². The normalized spacial score (nSPS) is 11.4. The van der Waals surface area contributed by atoms with Crippen LogP contribution in [0.15, 0.2) is 48.5 Å². The first-order valence-corrected chi connectivity index (χ1v) is 9.69. The number of imide groups is 1. The molecule has 0 saturated heterocycles. The molecule has 1 atom stereocenters. The van der Waals surface area contributed by atoms with E-state index in [2.05, 4.69) is 17.9 Å². The summed E-state index contributed by atoms with van der Waals surface area (Å²) >= 11 is 5.52. The van der Waals surface area contributed by atoms with Crippen molar-refractivity contribution in [2.24, 2.45) is 0 Å². The van der Waals surface area contributed by atoms with Gasteiger partial charge in [0.25, 0.3) is 5.24 Å². The lowest BCUT2D eigenvalue weighted by Crippen LogP contribution is -2.33. The first-order valence-electron chi connectivity index (χ1n) is 8.00. The second-order valence-corrected chi connectivity index (χ2v) is 7.52. The number of halogens is 1. The van der Waals surface area contributed by atoms with Gasteiger partial charge in [0, 0.05) is 5.56 Å². The van der Waals surface area contributed by atoms with Crippen LogP contribution in [0.3, 0.4) is 0 Å². The van der Waals surface area contributed by atoms with Crippen LogP contribution >= 0.6 is 35.2 Å². The number of hydrogen-bond donors (Lipinski definition) is 3. The molecule has 0 radical (unpaired) electrons. The van der Waals surface area contributed by atoms with Gasteiger partial charge in [-0.2, -0.15) is 0 Å². The minimum atomic E-state index is -0.663. The topological polar surface area (TPSA) is 88.5 Å². The molecule has 2 rings (SSSR count). The van der Waals surface area contributed by atoms with Crippen LogP contribution in [0.1, 0.15) is 11.1 Å². The van der Waals surface area contributed by atoms with Crippen molar-refractivity contribution in [1.82, 2.24) is 5.32 Å². The zero-order valence-corrected chi connectivity index (χ0v) is 17.6. The van der Waals surface area contributed by atoms with Crippen LogP contribution in [0.2, 0.25) is 0 Å². The first-order chi connectivity index (χ1) is 12.9. The van der Waals surface area contributed by atoms with Gasteiger partial charge in [0.05, 0.1) is 16.7 Å². The van der Waals surface area contributed by atoms with Gasteiger partial charge in [-0.1, -0.05) is 59.5 Å². The Morgan fingerprint density at radius 3 is 2.52 bits per heavy atom. The maximum Gasteiger partial charge on any atom is 0.282 e. The highest BCUT2D eigenvalue weighted by atomic mass is 127. The molecule has 8 heteroatoms. The number of amides is 2. The lowest BCUT2D eigenvalue weighted by Gasteiger charge is -2.11. The SMILES string of the molecule is COc1cccc(C(=N)COc2ccc(CC(I)C(=O)NC(=O)S)cc2)c1. The Kier molecular flexibility index (Phi) is 8.11. The summed E-state index contributed by atoms with van der Waals surface area (Å²) in [7, 11) is 1.58. The highest BCUT2D eigenvalue weighted by Gasteiger charge is 2.16. The average Bonchev–Trinajstić information content (AvgIpc) is 2.66. The van der Waals surface area contributed by atoms with Gasteiger partial charge < -0.3 is 14.9 Å². The molecule has 2 aromatic carbocycles. The Bertz CT molecular complexity index is 827. The zero-order chi connectivity index (χ0) is 19.8. The number of methoxy groups -OCH3 is 1. The largest absolute Gasteiger partial charge is 0.497 e. The second-order valence-electron chi connectivity index (χ2n) is 5.61. The Hall–Kier alpha value is -2.07. The standard InChI is InChI=1S/C19H19IN2O4S/c1-25-15-4-2-3-13(10-15)17(21)11-26-14-7-5-12(6-8-14)9-16(20)18(23)22-19(24)27/h2-8,10,16,21H,9,11H2,1H3,(H2,22,23,24,27). The number of nitrogens with one attached hydrogen (secondary N) is 2. The highest BCUT2D eigenvalue weighted by molar-refractivity contribution is 14.1. The smallest absolute Gasteiger partial charge is 0.282 e. The summed E-state index contributed by atoms with van der Waals surface area (Å²) in [5, 5.41) is 9.62. The summed E-state index contributed by atoms with van der Waals surface area (Å²) < 4.78 is 10.4. The molecule has 0 fully saturated rings. The van der Waals surface area contributed by atoms with Crippen LogP contribution in [0.4, 0.5) is 4.79 Å². The van der Waals surface area contributed by atoms with E-state index in [-0.39, 0.29) is 16.4 Å². The first kappa shape index (κ1) is 21.2. The van der Waals surface area contributed by atoms with Gasteiger partial charge in [-0.15, -0.1) is 0 Å².